The average Bonchev–Trinajstić information content (AvgIpc) is 3.06. The van der Waals surface area contributed by atoms with Crippen LogP contribution < -0.4 is 14.5 Å². The van der Waals surface area contributed by atoms with Crippen LogP contribution in [0, 0.1) is 11.3 Å². The number of hydrogen-bond donors (Lipinski definition) is 2. The van der Waals surface area contributed by atoms with E-state index in [1.807, 2.05) is 57.2 Å². The Balaban J connectivity index is 1.90. The van der Waals surface area contributed by atoms with Gasteiger partial charge in [0.15, 0.2) is 0 Å². The van der Waals surface area contributed by atoms with Crippen LogP contribution in [0.2, 0.25) is 0 Å². The lowest BCUT2D eigenvalue weighted by Gasteiger charge is -2.54. The summed E-state index contributed by atoms with van der Waals surface area (Å²) in [5.41, 5.74) is 0.445. The number of ether oxygens (including phenoxy) is 1. The standard InChI is InChI=1S/C33H38N2O5S/c1-21(36)27-18-34-16-15-33(27,31(38)39)35(20-32(2,3)4)28-14-13-23(40-5)17-26(28)30(41-19-29(35)37)25-12-8-10-22-9-6-7-11-24(22)25/h6-14,17,27,30,34H,15-16,18-20H2,1-5H3/p+1/t27-,30?,33+,35+/m1/s1. The molecule has 2 aliphatic rings. The Morgan fingerprint density at radius 3 is 2.51 bits per heavy atom. The van der Waals surface area contributed by atoms with Crippen LogP contribution in [0.25, 0.3) is 10.8 Å². The van der Waals surface area contributed by atoms with Crippen molar-refractivity contribution in [2.75, 3.05) is 32.5 Å². The molecule has 5 rings (SSSR count). The maximum Gasteiger partial charge on any atom is 0.367 e. The highest BCUT2D eigenvalue weighted by Crippen LogP contribution is 2.54. The third-order valence-corrected chi connectivity index (χ3v) is 9.95. The number of amides is 1. The summed E-state index contributed by atoms with van der Waals surface area (Å²) in [6.07, 6.45) is 0.156. The van der Waals surface area contributed by atoms with Crippen LogP contribution in [0.5, 0.6) is 5.75 Å². The quantitative estimate of drug-likeness (QED) is 0.371. The van der Waals surface area contributed by atoms with Crippen LogP contribution in [0.3, 0.4) is 0 Å². The Labute approximate surface area is 245 Å². The van der Waals surface area contributed by atoms with Gasteiger partial charge in [0.25, 0.3) is 0 Å². The van der Waals surface area contributed by atoms with Gasteiger partial charge in [-0.2, -0.15) is 0 Å². The molecule has 1 fully saturated rings. The van der Waals surface area contributed by atoms with E-state index in [9.17, 15) is 19.5 Å². The molecule has 2 aliphatic heterocycles. The van der Waals surface area contributed by atoms with Crippen molar-refractivity contribution in [1.29, 1.82) is 0 Å². The van der Waals surface area contributed by atoms with E-state index in [-0.39, 0.29) is 42.2 Å². The van der Waals surface area contributed by atoms with Gasteiger partial charge in [-0.3, -0.25) is 4.79 Å². The lowest BCUT2D eigenvalue weighted by atomic mass is 9.70. The Morgan fingerprint density at radius 2 is 1.83 bits per heavy atom. The number of quaternary nitrogens is 1. The van der Waals surface area contributed by atoms with Crippen LogP contribution in [0.4, 0.5) is 5.69 Å². The van der Waals surface area contributed by atoms with Gasteiger partial charge in [-0.05, 0) is 35.4 Å². The predicted molar refractivity (Wildman–Crippen MR) is 164 cm³/mol. The van der Waals surface area contributed by atoms with Gasteiger partial charge in [-0.15, -0.1) is 11.8 Å². The number of carboxylic acid groups (broad SMARTS) is 1. The van der Waals surface area contributed by atoms with Crippen molar-refractivity contribution in [3.8, 4) is 5.75 Å². The molecule has 7 nitrogen and oxygen atoms in total. The summed E-state index contributed by atoms with van der Waals surface area (Å²) in [7, 11) is 1.61. The minimum Gasteiger partial charge on any atom is -0.497 e. The van der Waals surface area contributed by atoms with Crippen molar-refractivity contribution in [2.45, 2.75) is 44.9 Å². The largest absolute Gasteiger partial charge is 0.497 e. The first-order chi connectivity index (χ1) is 19.5. The number of methoxy groups -OCH3 is 1. The minimum absolute atomic E-state index is 0.105. The highest BCUT2D eigenvalue weighted by molar-refractivity contribution is 8.00. The Bertz CT molecular complexity index is 1510. The smallest absolute Gasteiger partial charge is 0.367 e. The minimum atomic E-state index is -1.67. The maximum atomic E-state index is 14.9. The fourth-order valence-electron chi connectivity index (χ4n) is 7.13. The van der Waals surface area contributed by atoms with Gasteiger partial charge in [0.1, 0.15) is 23.0 Å². The number of aliphatic carboxylic acids is 1. The predicted octanol–water partition coefficient (Wildman–Crippen LogP) is 5.59. The average molecular weight is 576 g/mol. The van der Waals surface area contributed by atoms with Crippen LogP contribution in [-0.4, -0.2) is 60.8 Å². The number of carbonyl (C=O) groups excluding carboxylic acids is 2. The zero-order chi connectivity index (χ0) is 29.6. The van der Waals surface area contributed by atoms with Crippen molar-refractivity contribution in [3.63, 3.8) is 0 Å². The Hall–Kier alpha value is -3.20. The lowest BCUT2D eigenvalue weighted by Crippen LogP contribution is -2.80. The van der Waals surface area contributed by atoms with Crippen LogP contribution in [0.15, 0.2) is 60.7 Å². The van der Waals surface area contributed by atoms with Crippen LogP contribution in [0.1, 0.15) is 50.5 Å². The van der Waals surface area contributed by atoms with E-state index in [0.29, 0.717) is 18.0 Å². The number of hydrogen-bond acceptors (Lipinski definition) is 6. The highest BCUT2D eigenvalue weighted by Gasteiger charge is 2.69. The summed E-state index contributed by atoms with van der Waals surface area (Å²) in [4.78, 5) is 41.8. The number of Topliss-reactive ketones (excluding diaryl/α,β-unsaturated/α-hetero) is 1. The molecule has 1 amide bonds. The summed E-state index contributed by atoms with van der Waals surface area (Å²) in [6, 6.07) is 20.0. The molecular weight excluding hydrogens is 536 g/mol. The fraction of sp³-hybridized carbons (Fsp3) is 0.424. The lowest BCUT2D eigenvalue weighted by molar-refractivity contribution is -0.167. The van der Waals surface area contributed by atoms with Crippen LogP contribution >= 0.6 is 11.8 Å². The zero-order valence-corrected chi connectivity index (χ0v) is 25.2. The van der Waals surface area contributed by atoms with E-state index in [4.69, 9.17) is 4.74 Å². The second-order valence-corrected chi connectivity index (χ2v) is 13.5. The summed E-state index contributed by atoms with van der Waals surface area (Å²) < 4.78 is 5.27. The third kappa shape index (κ3) is 4.76. The molecule has 2 heterocycles. The number of ketones is 1. The van der Waals surface area contributed by atoms with Gasteiger partial charge in [-0.1, -0.05) is 63.2 Å². The van der Waals surface area contributed by atoms with Crippen molar-refractivity contribution >= 4 is 45.9 Å². The number of thioether (sulfide) groups is 1. The molecule has 4 atom stereocenters. The van der Waals surface area contributed by atoms with Gasteiger partial charge in [-0.25, -0.2) is 14.1 Å². The molecule has 0 spiro atoms. The molecule has 0 bridgehead atoms. The maximum absolute atomic E-state index is 14.9. The van der Waals surface area contributed by atoms with Crippen molar-refractivity contribution in [1.82, 2.24) is 9.80 Å². The van der Waals surface area contributed by atoms with E-state index < -0.39 is 27.3 Å². The number of benzene rings is 3. The normalized spacial score (nSPS) is 26.7. The first kappa shape index (κ1) is 29.3. The molecule has 1 saturated heterocycles. The molecule has 8 heteroatoms. The molecule has 0 radical (unpaired) electrons. The second-order valence-electron chi connectivity index (χ2n) is 12.5. The van der Waals surface area contributed by atoms with E-state index in [1.54, 1.807) is 7.11 Å². The number of nitrogens with one attached hydrogen (secondary N) is 1. The number of carboxylic acids is 1. The number of rotatable bonds is 6. The zero-order valence-electron chi connectivity index (χ0n) is 24.4. The molecule has 1 unspecified atom stereocenters. The molecule has 2 N–H and O–H groups in total. The molecular formula is C33H39N2O5S+. The summed E-state index contributed by atoms with van der Waals surface area (Å²) >= 11 is 1.52. The number of nitrogens with zero attached hydrogens (tertiary/aromatic N) is 1. The van der Waals surface area contributed by atoms with Crippen molar-refractivity contribution in [2.24, 2.45) is 11.3 Å². The first-order valence-corrected chi connectivity index (χ1v) is 15.1. The van der Waals surface area contributed by atoms with E-state index in [1.165, 1.54) is 18.7 Å². The van der Waals surface area contributed by atoms with Gasteiger partial charge in [0.05, 0.1) is 24.8 Å². The molecule has 0 aromatic heterocycles. The van der Waals surface area contributed by atoms with E-state index >= 15 is 0 Å². The summed E-state index contributed by atoms with van der Waals surface area (Å²) in [6.45, 7) is 8.40. The third-order valence-electron chi connectivity index (χ3n) is 8.70. The topological polar surface area (TPSA) is 92.7 Å². The number of carbonyl (C=O) groups is 3. The number of piperidine rings is 1. The molecule has 3 aromatic carbocycles. The van der Waals surface area contributed by atoms with Crippen LogP contribution in [-0.2, 0) is 14.4 Å². The monoisotopic (exact) mass is 575 g/mol. The van der Waals surface area contributed by atoms with Gasteiger partial charge >= 0.3 is 11.9 Å². The second kappa shape index (κ2) is 10.9. The molecule has 41 heavy (non-hydrogen) atoms. The first-order valence-electron chi connectivity index (χ1n) is 14.1. The van der Waals surface area contributed by atoms with Gasteiger partial charge in [0, 0.05) is 36.6 Å². The van der Waals surface area contributed by atoms with E-state index in [0.717, 1.165) is 21.9 Å². The van der Waals surface area contributed by atoms with Crippen molar-refractivity contribution < 1.29 is 24.2 Å². The number of fused-ring (bicyclic) bond motifs is 2. The van der Waals surface area contributed by atoms with Gasteiger partial charge in [0.2, 0.25) is 5.54 Å². The molecule has 3 aromatic rings. The Morgan fingerprint density at radius 1 is 1.10 bits per heavy atom. The highest BCUT2D eigenvalue weighted by atomic mass is 32.2. The summed E-state index contributed by atoms with van der Waals surface area (Å²) in [5, 5.41) is 16.4. The molecule has 0 aliphatic carbocycles. The SMILES string of the molecule is COc1ccc2c(c1)C(c1cccc3ccccc13)SCC(=O)[N@@+]2(CC(C)(C)C)[C@@]1(C(=O)O)CCNC[C@@H]1C(C)=O. The van der Waals surface area contributed by atoms with Crippen molar-refractivity contribution in [3.05, 3.63) is 71.8 Å². The van der Waals surface area contributed by atoms with E-state index in [2.05, 4.69) is 29.6 Å². The fourth-order valence-corrected chi connectivity index (χ4v) is 8.41. The molecule has 216 valence electrons. The molecule has 0 saturated carbocycles. The summed E-state index contributed by atoms with van der Waals surface area (Å²) in [5.74, 6) is -1.66. The van der Waals surface area contributed by atoms with Gasteiger partial charge < -0.3 is 15.2 Å². The Kier molecular flexibility index (Phi) is 7.78.